The number of ether oxygens (including phenoxy) is 1. The normalized spacial score (nSPS) is 23.0. The van der Waals surface area contributed by atoms with E-state index in [4.69, 9.17) is 14.9 Å². The predicted octanol–water partition coefficient (Wildman–Crippen LogP) is -0.525. The highest BCUT2D eigenvalue weighted by atomic mass is 19.3. The number of nitrogens with zero attached hydrogens (tertiary/aromatic N) is 3. The van der Waals surface area contributed by atoms with Gasteiger partial charge in [0.1, 0.15) is 17.6 Å². The summed E-state index contributed by atoms with van der Waals surface area (Å²) in [6, 6.07) is 3.47. The van der Waals surface area contributed by atoms with Gasteiger partial charge in [-0.15, -0.1) is 0 Å². The fraction of sp³-hybridized carbons (Fsp3) is 0.312. The number of amides is 1. The lowest BCUT2D eigenvalue weighted by Gasteiger charge is -2.21. The first kappa shape index (κ1) is 20.4. The van der Waals surface area contributed by atoms with Crippen LogP contribution >= 0.6 is 0 Å². The number of aliphatic hydroxyl groups excluding tert-OH is 2. The summed E-state index contributed by atoms with van der Waals surface area (Å²) < 4.78 is 33.5. The monoisotopic (exact) mass is 412 g/mol. The maximum atomic E-state index is 14.2. The van der Waals surface area contributed by atoms with Gasteiger partial charge >= 0.3 is 17.6 Å². The summed E-state index contributed by atoms with van der Waals surface area (Å²) >= 11 is 0. The fourth-order valence-corrected chi connectivity index (χ4v) is 2.71. The van der Waals surface area contributed by atoms with Crippen molar-refractivity contribution in [1.29, 1.82) is 0 Å². The summed E-state index contributed by atoms with van der Waals surface area (Å²) in [7, 11) is 0. The van der Waals surface area contributed by atoms with Gasteiger partial charge < -0.3 is 25.4 Å². The average Bonchev–Trinajstić information content (AvgIpc) is 2.91. The van der Waals surface area contributed by atoms with Crippen LogP contribution in [0.3, 0.4) is 0 Å². The molecule has 3 rings (SSSR count). The molecule has 13 heteroatoms. The number of aromatic nitrogens is 3. The first-order valence-corrected chi connectivity index (χ1v) is 8.08. The van der Waals surface area contributed by atoms with Crippen molar-refractivity contribution in [3.63, 3.8) is 0 Å². The highest BCUT2D eigenvalue weighted by Gasteiger charge is 2.59. The lowest BCUT2D eigenvalue weighted by molar-refractivity contribution is -0.140. The van der Waals surface area contributed by atoms with E-state index in [1.807, 2.05) is 0 Å². The van der Waals surface area contributed by atoms with Crippen LogP contribution in [0, 0.1) is 0 Å². The van der Waals surface area contributed by atoms with E-state index >= 15 is 0 Å². The Morgan fingerprint density at radius 2 is 2.07 bits per heavy atom. The first-order chi connectivity index (χ1) is 13.7. The Hall–Kier alpha value is -3.29. The molecule has 11 nitrogen and oxygen atoms in total. The van der Waals surface area contributed by atoms with E-state index in [9.17, 15) is 28.3 Å². The molecule has 154 valence electrons. The molecule has 3 atom stereocenters. The van der Waals surface area contributed by atoms with Crippen LogP contribution in [0.1, 0.15) is 27.1 Å². The van der Waals surface area contributed by atoms with Gasteiger partial charge in [0.15, 0.2) is 6.10 Å². The molecule has 0 radical (unpaired) electrons. The lowest BCUT2D eigenvalue weighted by atomic mass is 10.1. The van der Waals surface area contributed by atoms with Gasteiger partial charge in [0.2, 0.25) is 6.23 Å². The number of aliphatic hydroxyl groups is 2. The number of aromatic carboxylic acids is 1. The van der Waals surface area contributed by atoms with Crippen LogP contribution in [0.15, 0.2) is 35.4 Å². The Morgan fingerprint density at radius 3 is 2.66 bits per heavy atom. The Kier molecular flexibility index (Phi) is 5.37. The minimum absolute atomic E-state index is 0.348. The van der Waals surface area contributed by atoms with Crippen LogP contribution in [-0.4, -0.2) is 66.5 Å². The number of alkyl halides is 2. The van der Waals surface area contributed by atoms with Crippen LogP contribution in [-0.2, 0) is 4.74 Å². The second-order valence-corrected chi connectivity index (χ2v) is 5.99. The summed E-state index contributed by atoms with van der Waals surface area (Å²) in [6.07, 6.45) is -4.10. The molecule has 0 aromatic carbocycles. The summed E-state index contributed by atoms with van der Waals surface area (Å²) in [5, 5.41) is 29.8. The highest BCUT2D eigenvalue weighted by Crippen LogP contribution is 2.41. The smallest absolute Gasteiger partial charge is 0.351 e. The van der Waals surface area contributed by atoms with Crippen molar-refractivity contribution < 1.29 is 38.4 Å². The molecule has 0 saturated carbocycles. The number of halogens is 2. The molecule has 0 aliphatic carbocycles. The van der Waals surface area contributed by atoms with Crippen molar-refractivity contribution >= 4 is 17.7 Å². The van der Waals surface area contributed by atoms with E-state index in [1.165, 1.54) is 12.3 Å². The van der Waals surface area contributed by atoms with Crippen LogP contribution in [0.2, 0.25) is 0 Å². The van der Waals surface area contributed by atoms with E-state index in [2.05, 4.69) is 15.3 Å². The molecule has 1 amide bonds. The summed E-state index contributed by atoms with van der Waals surface area (Å²) in [6.45, 7) is -0.889. The van der Waals surface area contributed by atoms with Gasteiger partial charge in [-0.05, 0) is 18.2 Å². The predicted molar refractivity (Wildman–Crippen MR) is 89.6 cm³/mol. The second-order valence-electron chi connectivity index (χ2n) is 5.99. The Bertz CT molecular complexity index is 1010. The van der Waals surface area contributed by atoms with E-state index < -0.39 is 54.2 Å². The molecular formula is C16H14F2N4O7. The standard InChI is InChI=1S/C16H14F2N4O7/c17-16(18)11(24)8(6-23)29-14(16)22-5-3-9(21-15(22)28)20-12(25)10-7(13(26)27)2-1-4-19-10/h1-5,8,11,14,23-24H,6H2,(H,26,27)(H,20,21,25,28). The summed E-state index contributed by atoms with van der Waals surface area (Å²) in [5.41, 5.74) is -2.07. The van der Waals surface area contributed by atoms with Gasteiger partial charge in [-0.2, -0.15) is 13.8 Å². The largest absolute Gasteiger partial charge is 0.478 e. The Morgan fingerprint density at radius 1 is 1.34 bits per heavy atom. The number of pyridine rings is 1. The SMILES string of the molecule is O=C(O)c1cccnc1C(=O)Nc1ccn(C2OC(CO)C(O)C2(F)F)c(=O)n1. The summed E-state index contributed by atoms with van der Waals surface area (Å²) in [5.74, 6) is -6.61. The van der Waals surface area contributed by atoms with Crippen LogP contribution in [0.5, 0.6) is 0 Å². The summed E-state index contributed by atoms with van der Waals surface area (Å²) in [4.78, 5) is 42.6. The fourth-order valence-electron chi connectivity index (χ4n) is 2.71. The Balaban J connectivity index is 1.85. The third-order valence-electron chi connectivity index (χ3n) is 4.14. The molecule has 2 aromatic heterocycles. The zero-order valence-electron chi connectivity index (χ0n) is 14.4. The lowest BCUT2D eigenvalue weighted by Crippen LogP contribution is -2.41. The van der Waals surface area contributed by atoms with E-state index in [1.54, 1.807) is 0 Å². The molecule has 3 heterocycles. The first-order valence-electron chi connectivity index (χ1n) is 8.08. The molecule has 1 aliphatic rings. The van der Waals surface area contributed by atoms with Gasteiger partial charge in [-0.3, -0.25) is 14.3 Å². The molecule has 0 bridgehead atoms. The third-order valence-corrected chi connectivity index (χ3v) is 4.14. The van der Waals surface area contributed by atoms with Crippen molar-refractivity contribution in [3.8, 4) is 0 Å². The number of nitrogens with one attached hydrogen (secondary N) is 1. The number of rotatable bonds is 5. The molecule has 2 aromatic rings. The molecule has 1 aliphatic heterocycles. The minimum Gasteiger partial charge on any atom is -0.478 e. The molecule has 1 saturated heterocycles. The molecule has 1 fully saturated rings. The number of carboxylic acids is 1. The molecule has 0 spiro atoms. The van der Waals surface area contributed by atoms with Gasteiger partial charge in [-0.25, -0.2) is 9.59 Å². The Labute approximate surface area is 160 Å². The molecule has 3 unspecified atom stereocenters. The van der Waals surface area contributed by atoms with Gasteiger partial charge in [-0.1, -0.05) is 0 Å². The number of hydrogen-bond acceptors (Lipinski definition) is 8. The number of anilines is 1. The molecular weight excluding hydrogens is 398 g/mol. The van der Waals surface area contributed by atoms with Gasteiger partial charge in [0, 0.05) is 12.4 Å². The molecule has 4 N–H and O–H groups in total. The number of carbonyl (C=O) groups is 2. The highest BCUT2D eigenvalue weighted by molar-refractivity contribution is 6.08. The van der Waals surface area contributed by atoms with Crippen molar-refractivity contribution in [1.82, 2.24) is 14.5 Å². The van der Waals surface area contributed by atoms with Crippen molar-refractivity contribution in [2.24, 2.45) is 0 Å². The van der Waals surface area contributed by atoms with E-state index in [0.717, 1.165) is 18.3 Å². The van der Waals surface area contributed by atoms with Crippen molar-refractivity contribution in [3.05, 3.63) is 52.3 Å². The topological polar surface area (TPSA) is 164 Å². The maximum absolute atomic E-state index is 14.2. The van der Waals surface area contributed by atoms with Crippen LogP contribution in [0.4, 0.5) is 14.6 Å². The maximum Gasteiger partial charge on any atom is 0.351 e. The van der Waals surface area contributed by atoms with Crippen LogP contribution < -0.4 is 11.0 Å². The van der Waals surface area contributed by atoms with E-state index in [0.29, 0.717) is 4.57 Å². The van der Waals surface area contributed by atoms with Gasteiger partial charge in [0.25, 0.3) is 5.91 Å². The zero-order chi connectivity index (χ0) is 21.3. The number of hydrogen-bond donors (Lipinski definition) is 4. The zero-order valence-corrected chi connectivity index (χ0v) is 14.4. The van der Waals surface area contributed by atoms with Crippen molar-refractivity contribution in [2.75, 3.05) is 11.9 Å². The number of carboxylic acid groups (broad SMARTS) is 1. The van der Waals surface area contributed by atoms with Gasteiger partial charge in [0.05, 0.1) is 12.2 Å². The number of carbonyl (C=O) groups excluding carboxylic acids is 1. The van der Waals surface area contributed by atoms with E-state index in [-0.39, 0.29) is 11.4 Å². The van der Waals surface area contributed by atoms with Crippen molar-refractivity contribution in [2.45, 2.75) is 24.4 Å². The quantitative estimate of drug-likeness (QED) is 0.505. The minimum atomic E-state index is -3.88. The molecule has 29 heavy (non-hydrogen) atoms. The second kappa shape index (κ2) is 7.62. The third kappa shape index (κ3) is 3.70. The van der Waals surface area contributed by atoms with Crippen LogP contribution in [0.25, 0.3) is 0 Å². The average molecular weight is 412 g/mol.